The Morgan fingerprint density at radius 1 is 1.48 bits per heavy atom. The molecule has 1 saturated heterocycles. The van der Waals surface area contributed by atoms with Gasteiger partial charge in [0.15, 0.2) is 0 Å². The molecule has 1 aromatic heterocycles. The Morgan fingerprint density at radius 2 is 2.29 bits per heavy atom. The number of rotatable bonds is 7. The standard InChI is InChI=1S/C14H25N3O3S/c1-2-6-17-11-14(8-12(17)9-15)21(18,19)16-10-13-5-3-4-7-20-13/h8,11,13,16H,2-7,9-10,15H2,1H3. The fourth-order valence-electron chi connectivity index (χ4n) is 2.55. The summed E-state index contributed by atoms with van der Waals surface area (Å²) in [6, 6.07) is 1.65. The molecule has 0 amide bonds. The van der Waals surface area contributed by atoms with Crippen LogP contribution in [0.25, 0.3) is 0 Å². The Hall–Kier alpha value is -0.890. The molecule has 1 fully saturated rings. The summed E-state index contributed by atoms with van der Waals surface area (Å²) in [4.78, 5) is 0.284. The molecule has 120 valence electrons. The maximum Gasteiger partial charge on any atom is 0.242 e. The summed E-state index contributed by atoms with van der Waals surface area (Å²) in [6.07, 6.45) is 5.65. The molecule has 2 rings (SSSR count). The van der Waals surface area contributed by atoms with E-state index in [1.165, 1.54) is 0 Å². The normalized spacial score (nSPS) is 19.8. The summed E-state index contributed by atoms with van der Waals surface area (Å²) in [5.74, 6) is 0. The molecule has 1 aliphatic rings. The van der Waals surface area contributed by atoms with E-state index in [2.05, 4.69) is 4.72 Å². The maximum absolute atomic E-state index is 12.3. The lowest BCUT2D eigenvalue weighted by molar-refractivity contribution is 0.0200. The lowest BCUT2D eigenvalue weighted by Gasteiger charge is -2.22. The van der Waals surface area contributed by atoms with Crippen LogP contribution in [0, 0.1) is 0 Å². The lowest BCUT2D eigenvalue weighted by atomic mass is 10.1. The summed E-state index contributed by atoms with van der Waals surface area (Å²) in [5, 5.41) is 0. The second kappa shape index (κ2) is 7.40. The molecular weight excluding hydrogens is 290 g/mol. The quantitative estimate of drug-likeness (QED) is 0.792. The Kier molecular flexibility index (Phi) is 5.80. The molecular formula is C14H25N3O3S. The first-order chi connectivity index (χ1) is 10.1. The summed E-state index contributed by atoms with van der Waals surface area (Å²) in [7, 11) is -3.50. The van der Waals surface area contributed by atoms with Crippen molar-refractivity contribution in [3.8, 4) is 0 Å². The first kappa shape index (κ1) is 16.5. The van der Waals surface area contributed by atoms with Crippen LogP contribution in [0.4, 0.5) is 0 Å². The van der Waals surface area contributed by atoms with Crippen LogP contribution >= 0.6 is 0 Å². The highest BCUT2D eigenvalue weighted by Crippen LogP contribution is 2.16. The van der Waals surface area contributed by atoms with Gasteiger partial charge in [-0.1, -0.05) is 6.92 Å². The third-order valence-corrected chi connectivity index (χ3v) is 5.11. The van der Waals surface area contributed by atoms with Crippen molar-refractivity contribution < 1.29 is 13.2 Å². The lowest BCUT2D eigenvalue weighted by Crippen LogP contribution is -2.35. The Bertz CT molecular complexity index is 548. The zero-order valence-electron chi connectivity index (χ0n) is 12.5. The van der Waals surface area contributed by atoms with E-state index < -0.39 is 10.0 Å². The highest BCUT2D eigenvalue weighted by atomic mass is 32.2. The van der Waals surface area contributed by atoms with E-state index in [0.717, 1.165) is 44.5 Å². The average Bonchev–Trinajstić information content (AvgIpc) is 2.91. The number of aryl methyl sites for hydroxylation is 1. The number of nitrogens with one attached hydrogen (secondary N) is 1. The molecule has 0 saturated carbocycles. The summed E-state index contributed by atoms with van der Waals surface area (Å²) in [6.45, 7) is 4.21. The number of sulfonamides is 1. The van der Waals surface area contributed by atoms with Crippen LogP contribution in [-0.2, 0) is 27.8 Å². The van der Waals surface area contributed by atoms with E-state index in [0.29, 0.717) is 13.1 Å². The maximum atomic E-state index is 12.3. The van der Waals surface area contributed by atoms with Gasteiger partial charge in [0.2, 0.25) is 10.0 Å². The SMILES string of the molecule is CCCn1cc(S(=O)(=O)NCC2CCCCO2)cc1CN. The van der Waals surface area contributed by atoms with Gasteiger partial charge in [-0.2, -0.15) is 0 Å². The number of ether oxygens (including phenoxy) is 1. The predicted molar refractivity (Wildman–Crippen MR) is 81.4 cm³/mol. The summed E-state index contributed by atoms with van der Waals surface area (Å²) >= 11 is 0. The van der Waals surface area contributed by atoms with Crippen molar-refractivity contribution in [1.29, 1.82) is 0 Å². The van der Waals surface area contributed by atoms with E-state index in [9.17, 15) is 8.42 Å². The second-order valence-electron chi connectivity index (χ2n) is 5.41. The zero-order chi connectivity index (χ0) is 15.3. The van der Waals surface area contributed by atoms with Crippen molar-refractivity contribution in [2.24, 2.45) is 5.73 Å². The van der Waals surface area contributed by atoms with Crippen molar-refractivity contribution in [3.63, 3.8) is 0 Å². The smallest absolute Gasteiger partial charge is 0.242 e. The Labute approximate surface area is 126 Å². The fraction of sp³-hybridized carbons (Fsp3) is 0.714. The van der Waals surface area contributed by atoms with Crippen molar-refractivity contribution in [1.82, 2.24) is 9.29 Å². The molecule has 0 spiro atoms. The van der Waals surface area contributed by atoms with Gasteiger partial charge in [0.25, 0.3) is 0 Å². The highest BCUT2D eigenvalue weighted by molar-refractivity contribution is 7.89. The van der Waals surface area contributed by atoms with Gasteiger partial charge < -0.3 is 15.0 Å². The van der Waals surface area contributed by atoms with Crippen molar-refractivity contribution in [3.05, 3.63) is 18.0 Å². The van der Waals surface area contributed by atoms with Gasteiger partial charge in [-0.3, -0.25) is 0 Å². The van der Waals surface area contributed by atoms with E-state index in [-0.39, 0.29) is 11.0 Å². The Morgan fingerprint density at radius 3 is 2.90 bits per heavy atom. The van der Waals surface area contributed by atoms with Crippen LogP contribution in [0.3, 0.4) is 0 Å². The van der Waals surface area contributed by atoms with Gasteiger partial charge in [0.1, 0.15) is 0 Å². The first-order valence-electron chi connectivity index (χ1n) is 7.57. The van der Waals surface area contributed by atoms with Gasteiger partial charge in [0.05, 0.1) is 11.0 Å². The van der Waals surface area contributed by atoms with Gasteiger partial charge in [0, 0.05) is 38.1 Å². The molecule has 21 heavy (non-hydrogen) atoms. The number of nitrogens with zero attached hydrogens (tertiary/aromatic N) is 1. The van der Waals surface area contributed by atoms with Crippen molar-refractivity contribution in [2.45, 2.75) is 56.7 Å². The highest BCUT2D eigenvalue weighted by Gasteiger charge is 2.21. The van der Waals surface area contributed by atoms with Crippen LogP contribution in [0.1, 0.15) is 38.3 Å². The van der Waals surface area contributed by atoms with Gasteiger partial charge in [-0.15, -0.1) is 0 Å². The van der Waals surface area contributed by atoms with E-state index in [1.54, 1.807) is 12.3 Å². The molecule has 1 aromatic rings. The fourth-order valence-corrected chi connectivity index (χ4v) is 3.68. The van der Waals surface area contributed by atoms with Gasteiger partial charge >= 0.3 is 0 Å². The van der Waals surface area contributed by atoms with Crippen LogP contribution in [0.2, 0.25) is 0 Å². The first-order valence-corrected chi connectivity index (χ1v) is 9.05. The topological polar surface area (TPSA) is 86.3 Å². The molecule has 7 heteroatoms. The molecule has 1 unspecified atom stereocenters. The van der Waals surface area contributed by atoms with Gasteiger partial charge in [-0.05, 0) is 31.7 Å². The van der Waals surface area contributed by atoms with Crippen LogP contribution < -0.4 is 10.5 Å². The van der Waals surface area contributed by atoms with Crippen molar-refractivity contribution in [2.75, 3.05) is 13.2 Å². The van der Waals surface area contributed by atoms with Crippen LogP contribution in [-0.4, -0.2) is 32.2 Å². The molecule has 0 aromatic carbocycles. The monoisotopic (exact) mass is 315 g/mol. The van der Waals surface area contributed by atoms with Crippen LogP contribution in [0.15, 0.2) is 17.2 Å². The molecule has 3 N–H and O–H groups in total. The number of nitrogens with two attached hydrogens (primary N) is 1. The van der Waals surface area contributed by atoms with Crippen LogP contribution in [0.5, 0.6) is 0 Å². The minimum Gasteiger partial charge on any atom is -0.377 e. The van der Waals surface area contributed by atoms with E-state index >= 15 is 0 Å². The summed E-state index contributed by atoms with van der Waals surface area (Å²) < 4.78 is 34.8. The minimum atomic E-state index is -3.50. The van der Waals surface area contributed by atoms with E-state index in [4.69, 9.17) is 10.5 Å². The molecule has 2 heterocycles. The number of hydrogen-bond donors (Lipinski definition) is 2. The largest absolute Gasteiger partial charge is 0.377 e. The molecule has 1 atom stereocenters. The zero-order valence-corrected chi connectivity index (χ0v) is 13.4. The predicted octanol–water partition coefficient (Wildman–Crippen LogP) is 1.20. The average molecular weight is 315 g/mol. The third-order valence-electron chi connectivity index (χ3n) is 3.72. The second-order valence-corrected chi connectivity index (χ2v) is 7.17. The number of hydrogen-bond acceptors (Lipinski definition) is 4. The van der Waals surface area contributed by atoms with Crippen molar-refractivity contribution >= 4 is 10.0 Å². The molecule has 0 bridgehead atoms. The third kappa shape index (κ3) is 4.29. The minimum absolute atomic E-state index is 0.0137. The number of aromatic nitrogens is 1. The molecule has 1 aliphatic heterocycles. The Balaban J connectivity index is 2.04. The molecule has 6 nitrogen and oxygen atoms in total. The molecule has 0 aliphatic carbocycles. The molecule has 0 radical (unpaired) electrons. The summed E-state index contributed by atoms with van der Waals surface area (Å²) in [5.41, 5.74) is 6.51. The van der Waals surface area contributed by atoms with Gasteiger partial charge in [-0.25, -0.2) is 13.1 Å². The van der Waals surface area contributed by atoms with E-state index in [1.807, 2.05) is 11.5 Å².